The molecule has 0 heterocycles. The number of hydrogen-bond acceptors (Lipinski definition) is 2. The van der Waals surface area contributed by atoms with E-state index < -0.39 is 0 Å². The Bertz CT molecular complexity index is 819. The van der Waals surface area contributed by atoms with Crippen LogP contribution < -0.4 is 11.1 Å². The largest absolute Gasteiger partial charge is 0.389 e. The second-order valence-electron chi connectivity index (χ2n) is 5.05. The first kappa shape index (κ1) is 13.6. The number of nitrogens with one attached hydrogen (secondary N) is 1. The summed E-state index contributed by atoms with van der Waals surface area (Å²) >= 11 is 5.04. The zero-order chi connectivity index (χ0) is 14.8. The fourth-order valence-electron chi connectivity index (χ4n) is 2.51. The lowest BCUT2D eigenvalue weighted by Crippen LogP contribution is -2.11. The summed E-state index contributed by atoms with van der Waals surface area (Å²) in [7, 11) is 0. The third-order valence-corrected chi connectivity index (χ3v) is 3.78. The van der Waals surface area contributed by atoms with Crippen molar-refractivity contribution in [2.45, 2.75) is 6.92 Å². The van der Waals surface area contributed by atoms with Gasteiger partial charge in [0.25, 0.3) is 0 Å². The molecule has 0 fully saturated rings. The summed E-state index contributed by atoms with van der Waals surface area (Å²) in [5.41, 5.74) is 9.83. The first-order valence-corrected chi connectivity index (χ1v) is 7.21. The molecule has 3 N–H and O–H groups in total. The Morgan fingerprint density at radius 1 is 1.00 bits per heavy atom. The van der Waals surface area contributed by atoms with Crippen LogP contribution in [-0.2, 0) is 0 Å². The zero-order valence-electron chi connectivity index (χ0n) is 11.8. The van der Waals surface area contributed by atoms with Crippen LogP contribution in [0.15, 0.2) is 60.7 Å². The summed E-state index contributed by atoms with van der Waals surface area (Å²) in [4.78, 5) is 0.434. The quantitative estimate of drug-likeness (QED) is 0.697. The standard InChI is InChI=1S/C18H16N2S/c1-12-11-14(9-10-15(12)18(19)21)20-17-8-4-6-13-5-2-3-7-16(13)17/h2-11,20H,1H3,(H2,19,21). The van der Waals surface area contributed by atoms with Crippen molar-refractivity contribution in [2.24, 2.45) is 5.73 Å². The second kappa shape index (κ2) is 5.54. The van der Waals surface area contributed by atoms with E-state index in [4.69, 9.17) is 18.0 Å². The summed E-state index contributed by atoms with van der Waals surface area (Å²) in [6, 6.07) is 20.6. The van der Waals surface area contributed by atoms with E-state index in [0.717, 1.165) is 22.5 Å². The molecule has 0 amide bonds. The fraction of sp³-hybridized carbons (Fsp3) is 0.0556. The van der Waals surface area contributed by atoms with E-state index in [-0.39, 0.29) is 0 Å². The van der Waals surface area contributed by atoms with Crippen LogP contribution in [0, 0.1) is 6.92 Å². The van der Waals surface area contributed by atoms with Gasteiger partial charge in [-0.1, -0.05) is 48.6 Å². The van der Waals surface area contributed by atoms with Crippen molar-refractivity contribution in [1.29, 1.82) is 0 Å². The molecule has 0 saturated heterocycles. The van der Waals surface area contributed by atoms with E-state index >= 15 is 0 Å². The lowest BCUT2D eigenvalue weighted by atomic mass is 10.1. The van der Waals surface area contributed by atoms with Gasteiger partial charge in [-0.25, -0.2) is 0 Å². The molecule has 3 rings (SSSR count). The van der Waals surface area contributed by atoms with Gasteiger partial charge in [-0.3, -0.25) is 0 Å². The number of hydrogen-bond donors (Lipinski definition) is 2. The van der Waals surface area contributed by atoms with Crippen LogP contribution in [0.4, 0.5) is 11.4 Å². The highest BCUT2D eigenvalue weighted by atomic mass is 32.1. The number of anilines is 2. The minimum Gasteiger partial charge on any atom is -0.389 e. The summed E-state index contributed by atoms with van der Waals surface area (Å²) in [6.45, 7) is 2.02. The molecule has 3 aromatic carbocycles. The zero-order valence-corrected chi connectivity index (χ0v) is 12.6. The molecule has 0 unspecified atom stereocenters. The molecular weight excluding hydrogens is 276 g/mol. The molecule has 0 atom stereocenters. The molecule has 3 aromatic rings. The van der Waals surface area contributed by atoms with Gasteiger partial charge in [0.05, 0.1) is 0 Å². The predicted molar refractivity (Wildman–Crippen MR) is 94.3 cm³/mol. The van der Waals surface area contributed by atoms with Crippen molar-refractivity contribution < 1.29 is 0 Å². The van der Waals surface area contributed by atoms with E-state index in [1.165, 1.54) is 10.8 Å². The van der Waals surface area contributed by atoms with Crippen LogP contribution in [0.5, 0.6) is 0 Å². The van der Waals surface area contributed by atoms with Crippen LogP contribution in [-0.4, -0.2) is 4.99 Å². The van der Waals surface area contributed by atoms with Gasteiger partial charge in [0.15, 0.2) is 0 Å². The highest BCUT2D eigenvalue weighted by molar-refractivity contribution is 7.80. The summed E-state index contributed by atoms with van der Waals surface area (Å²) in [6.07, 6.45) is 0. The van der Waals surface area contributed by atoms with Gasteiger partial charge < -0.3 is 11.1 Å². The van der Waals surface area contributed by atoms with E-state index in [9.17, 15) is 0 Å². The average Bonchev–Trinajstić information content (AvgIpc) is 2.47. The Balaban J connectivity index is 1.99. The molecule has 0 aromatic heterocycles. The van der Waals surface area contributed by atoms with Gasteiger partial charge in [0.1, 0.15) is 4.99 Å². The first-order chi connectivity index (χ1) is 10.1. The molecule has 0 spiro atoms. The highest BCUT2D eigenvalue weighted by Gasteiger charge is 2.04. The van der Waals surface area contributed by atoms with Gasteiger partial charge >= 0.3 is 0 Å². The van der Waals surface area contributed by atoms with Crippen LogP contribution in [0.2, 0.25) is 0 Å². The van der Waals surface area contributed by atoms with Crippen LogP contribution in [0.3, 0.4) is 0 Å². The molecule has 21 heavy (non-hydrogen) atoms. The minimum absolute atomic E-state index is 0.434. The van der Waals surface area contributed by atoms with Crippen molar-refractivity contribution in [3.8, 4) is 0 Å². The van der Waals surface area contributed by atoms with Crippen LogP contribution in [0.25, 0.3) is 10.8 Å². The van der Waals surface area contributed by atoms with Crippen molar-refractivity contribution in [1.82, 2.24) is 0 Å². The van der Waals surface area contributed by atoms with E-state index in [1.54, 1.807) is 0 Å². The molecule has 3 heteroatoms. The van der Waals surface area contributed by atoms with Crippen molar-refractivity contribution in [3.05, 3.63) is 71.8 Å². The van der Waals surface area contributed by atoms with E-state index in [1.807, 2.05) is 25.1 Å². The highest BCUT2D eigenvalue weighted by Crippen LogP contribution is 2.27. The van der Waals surface area contributed by atoms with Crippen LogP contribution >= 0.6 is 12.2 Å². The predicted octanol–water partition coefficient (Wildman–Crippen LogP) is 4.53. The summed E-state index contributed by atoms with van der Waals surface area (Å²) in [5.74, 6) is 0. The molecule has 0 aliphatic heterocycles. The number of nitrogens with two attached hydrogens (primary N) is 1. The molecular formula is C18H16N2S. The Morgan fingerprint density at radius 3 is 2.52 bits per heavy atom. The maximum absolute atomic E-state index is 5.70. The topological polar surface area (TPSA) is 38.0 Å². The smallest absolute Gasteiger partial charge is 0.104 e. The Labute approximate surface area is 129 Å². The summed E-state index contributed by atoms with van der Waals surface area (Å²) in [5, 5.41) is 5.90. The Kier molecular flexibility index (Phi) is 3.59. The minimum atomic E-state index is 0.434. The van der Waals surface area contributed by atoms with E-state index in [2.05, 4.69) is 47.8 Å². The first-order valence-electron chi connectivity index (χ1n) is 6.80. The third-order valence-electron chi connectivity index (χ3n) is 3.56. The van der Waals surface area contributed by atoms with Crippen molar-refractivity contribution in [2.75, 3.05) is 5.32 Å². The van der Waals surface area contributed by atoms with E-state index in [0.29, 0.717) is 4.99 Å². The molecule has 0 aliphatic carbocycles. The second-order valence-corrected chi connectivity index (χ2v) is 5.49. The molecule has 0 saturated carbocycles. The maximum Gasteiger partial charge on any atom is 0.104 e. The maximum atomic E-state index is 5.70. The molecule has 0 bridgehead atoms. The van der Waals surface area contributed by atoms with Crippen LogP contribution in [0.1, 0.15) is 11.1 Å². The number of thiocarbonyl (C=S) groups is 1. The van der Waals surface area contributed by atoms with Gasteiger partial charge in [-0.05, 0) is 42.1 Å². The van der Waals surface area contributed by atoms with Crippen molar-refractivity contribution in [3.63, 3.8) is 0 Å². The van der Waals surface area contributed by atoms with Gasteiger partial charge in [0, 0.05) is 22.3 Å². The lowest BCUT2D eigenvalue weighted by molar-refractivity contribution is 1.42. The SMILES string of the molecule is Cc1cc(Nc2cccc3ccccc23)ccc1C(N)=S. The van der Waals surface area contributed by atoms with Gasteiger partial charge in [-0.15, -0.1) is 0 Å². The third kappa shape index (κ3) is 2.73. The van der Waals surface area contributed by atoms with Crippen molar-refractivity contribution >= 4 is 39.4 Å². The fourth-order valence-corrected chi connectivity index (χ4v) is 2.74. The molecule has 2 nitrogen and oxygen atoms in total. The molecule has 104 valence electrons. The number of benzene rings is 3. The average molecular weight is 292 g/mol. The number of aryl methyl sites for hydroxylation is 1. The summed E-state index contributed by atoms with van der Waals surface area (Å²) < 4.78 is 0. The normalized spacial score (nSPS) is 10.5. The number of fused-ring (bicyclic) bond motifs is 1. The van der Waals surface area contributed by atoms with Gasteiger partial charge in [-0.2, -0.15) is 0 Å². The monoisotopic (exact) mass is 292 g/mol. The Morgan fingerprint density at radius 2 is 1.76 bits per heavy atom. The number of rotatable bonds is 3. The molecule has 0 aliphatic rings. The Hall–Kier alpha value is -2.39. The molecule has 0 radical (unpaired) electrons. The van der Waals surface area contributed by atoms with Gasteiger partial charge in [0.2, 0.25) is 0 Å². The lowest BCUT2D eigenvalue weighted by Gasteiger charge is -2.12.